The second-order valence-corrected chi connectivity index (χ2v) is 9.72. The van der Waals surface area contributed by atoms with Gasteiger partial charge in [0.1, 0.15) is 12.1 Å². The Labute approximate surface area is 223 Å². The highest BCUT2D eigenvalue weighted by Gasteiger charge is 2.23. The number of halogens is 1. The molecule has 0 saturated carbocycles. The Balaban J connectivity index is 1.63. The molecule has 0 bridgehead atoms. The van der Waals surface area contributed by atoms with E-state index in [1.807, 2.05) is 43.3 Å². The summed E-state index contributed by atoms with van der Waals surface area (Å²) >= 11 is 3.37. The number of aryl methyl sites for hydroxylation is 1. The molecule has 0 spiro atoms. The highest BCUT2D eigenvalue weighted by molar-refractivity contribution is 9.10. The van der Waals surface area contributed by atoms with Crippen molar-refractivity contribution in [2.75, 3.05) is 13.1 Å². The Morgan fingerprint density at radius 3 is 2.41 bits per heavy atom. The summed E-state index contributed by atoms with van der Waals surface area (Å²) in [5, 5.41) is 0.475. The van der Waals surface area contributed by atoms with Crippen molar-refractivity contribution in [2.45, 2.75) is 20.0 Å². The third kappa shape index (κ3) is 6.43. The van der Waals surface area contributed by atoms with Gasteiger partial charge in [-0.05, 0) is 48.9 Å². The van der Waals surface area contributed by atoms with Crippen LogP contribution in [0.2, 0.25) is 0 Å². The minimum absolute atomic E-state index is 0.0499. The van der Waals surface area contributed by atoms with Crippen LogP contribution in [-0.2, 0) is 17.9 Å². The quantitative estimate of drug-likeness (QED) is 0.246. The molecule has 0 unspecified atom stereocenters. The lowest BCUT2D eigenvalue weighted by Gasteiger charge is -2.27. The lowest BCUT2D eigenvalue weighted by molar-refractivity contribution is -0.133. The Bertz CT molecular complexity index is 1480. The predicted octanol–water partition coefficient (Wildman–Crippen LogP) is 5.72. The van der Waals surface area contributed by atoms with Crippen molar-refractivity contribution >= 4 is 38.7 Å². The largest absolute Gasteiger partial charge is 0.464 e. The maximum Gasteiger partial charge on any atom is 0.254 e. The highest BCUT2D eigenvalue weighted by Crippen LogP contribution is 2.17. The number of hydrogen-bond donors (Lipinski definition) is 0. The molecule has 1 heterocycles. The summed E-state index contributed by atoms with van der Waals surface area (Å²) in [7, 11) is 0. The van der Waals surface area contributed by atoms with Gasteiger partial charge in [0, 0.05) is 23.1 Å². The second kappa shape index (κ2) is 11.8. The van der Waals surface area contributed by atoms with Crippen LogP contribution in [0.15, 0.2) is 105 Å². The Hall–Kier alpha value is -3.97. The first-order valence-corrected chi connectivity index (χ1v) is 12.6. The number of rotatable bonds is 9. The van der Waals surface area contributed by atoms with Crippen LogP contribution in [0.3, 0.4) is 0 Å². The zero-order valence-electron chi connectivity index (χ0n) is 20.5. The summed E-state index contributed by atoms with van der Waals surface area (Å²) in [6.45, 7) is 6.03. The number of carbonyl (C=O) groups excluding carboxylic acids is 2. The first-order valence-electron chi connectivity index (χ1n) is 11.8. The Morgan fingerprint density at radius 2 is 1.70 bits per heavy atom. The molecular weight excluding hydrogens is 532 g/mol. The molecule has 4 rings (SSSR count). The van der Waals surface area contributed by atoms with Crippen molar-refractivity contribution in [3.63, 3.8) is 0 Å². The number of fused-ring (bicyclic) bond motifs is 1. The van der Waals surface area contributed by atoms with E-state index in [0.717, 1.165) is 15.6 Å². The number of hydrogen-bond acceptors (Lipinski definition) is 4. The first-order chi connectivity index (χ1) is 17.9. The summed E-state index contributed by atoms with van der Waals surface area (Å²) in [6.07, 6.45) is 3.01. The van der Waals surface area contributed by atoms with Crippen LogP contribution in [0.5, 0.6) is 0 Å². The van der Waals surface area contributed by atoms with Gasteiger partial charge in [-0.15, -0.1) is 6.58 Å². The molecule has 0 atom stereocenters. The van der Waals surface area contributed by atoms with E-state index in [2.05, 4.69) is 22.5 Å². The average Bonchev–Trinajstić information content (AvgIpc) is 2.90. The van der Waals surface area contributed by atoms with Gasteiger partial charge in [-0.25, -0.2) is 0 Å². The van der Waals surface area contributed by atoms with Gasteiger partial charge >= 0.3 is 0 Å². The number of benzene rings is 3. The van der Waals surface area contributed by atoms with Crippen molar-refractivity contribution in [2.24, 2.45) is 0 Å². The maximum absolute atomic E-state index is 13.6. The first kappa shape index (κ1) is 26.1. The molecule has 6 nitrogen and oxygen atoms in total. The molecule has 0 fully saturated rings. The van der Waals surface area contributed by atoms with E-state index in [4.69, 9.17) is 4.42 Å². The smallest absolute Gasteiger partial charge is 0.254 e. The third-order valence-electron chi connectivity index (χ3n) is 5.98. The van der Waals surface area contributed by atoms with Gasteiger partial charge in [0.15, 0.2) is 5.43 Å². The van der Waals surface area contributed by atoms with Crippen LogP contribution < -0.4 is 5.43 Å². The van der Waals surface area contributed by atoms with Crippen LogP contribution in [0, 0.1) is 6.92 Å². The van der Waals surface area contributed by atoms with Crippen LogP contribution >= 0.6 is 15.9 Å². The molecule has 0 saturated heterocycles. The van der Waals surface area contributed by atoms with E-state index >= 15 is 0 Å². The molecule has 2 amide bonds. The van der Waals surface area contributed by atoms with E-state index < -0.39 is 0 Å². The minimum atomic E-state index is -0.292. The molecule has 188 valence electrons. The Morgan fingerprint density at radius 1 is 0.973 bits per heavy atom. The van der Waals surface area contributed by atoms with Crippen molar-refractivity contribution in [3.05, 3.63) is 129 Å². The molecule has 0 aliphatic heterocycles. The van der Waals surface area contributed by atoms with Gasteiger partial charge in [-0.1, -0.05) is 64.0 Å². The number of amides is 2. The van der Waals surface area contributed by atoms with Gasteiger partial charge < -0.3 is 14.2 Å². The summed E-state index contributed by atoms with van der Waals surface area (Å²) in [5.74, 6) is -0.569. The molecule has 0 radical (unpaired) electrons. The zero-order chi connectivity index (χ0) is 26.4. The highest BCUT2D eigenvalue weighted by atomic mass is 79.9. The fourth-order valence-corrected chi connectivity index (χ4v) is 4.31. The molecule has 37 heavy (non-hydrogen) atoms. The number of carbonyl (C=O) groups is 2. The van der Waals surface area contributed by atoms with Gasteiger partial charge in [-0.3, -0.25) is 14.4 Å². The summed E-state index contributed by atoms with van der Waals surface area (Å²) in [5.41, 5.74) is 3.02. The zero-order valence-corrected chi connectivity index (χ0v) is 22.1. The maximum atomic E-state index is 13.6. The average molecular weight is 559 g/mol. The fraction of sp³-hybridized carbons (Fsp3) is 0.167. The van der Waals surface area contributed by atoms with Crippen LogP contribution in [-0.4, -0.2) is 34.7 Å². The topological polar surface area (TPSA) is 70.8 Å². The normalized spacial score (nSPS) is 10.8. The predicted molar refractivity (Wildman–Crippen MR) is 148 cm³/mol. The summed E-state index contributed by atoms with van der Waals surface area (Å²) in [4.78, 5) is 43.1. The second-order valence-electron chi connectivity index (χ2n) is 8.81. The lowest BCUT2D eigenvalue weighted by Crippen LogP contribution is -2.43. The van der Waals surface area contributed by atoms with Gasteiger partial charge in [0.05, 0.1) is 23.8 Å². The molecular formula is C30H27BrN2O4. The van der Waals surface area contributed by atoms with E-state index in [1.54, 1.807) is 47.4 Å². The van der Waals surface area contributed by atoms with Crippen LogP contribution in [0.25, 0.3) is 11.0 Å². The van der Waals surface area contributed by atoms with Crippen molar-refractivity contribution in [1.29, 1.82) is 0 Å². The molecule has 3 aromatic carbocycles. The van der Waals surface area contributed by atoms with Gasteiger partial charge in [-0.2, -0.15) is 0 Å². The molecule has 1 aromatic heterocycles. The monoisotopic (exact) mass is 558 g/mol. The number of nitrogens with zero attached hydrogens (tertiary/aromatic N) is 2. The van der Waals surface area contributed by atoms with Crippen molar-refractivity contribution in [3.8, 4) is 0 Å². The van der Waals surface area contributed by atoms with Gasteiger partial charge in [0.2, 0.25) is 5.91 Å². The SMILES string of the molecule is C=CCN(CC(=O)N(Cc1ccccc1)Cc1coc2ccc(C)cc2c1=O)C(=O)c1ccc(Br)cc1. The minimum Gasteiger partial charge on any atom is -0.464 e. The van der Waals surface area contributed by atoms with Crippen LogP contribution in [0.4, 0.5) is 0 Å². The van der Waals surface area contributed by atoms with Crippen molar-refractivity contribution in [1.82, 2.24) is 9.80 Å². The molecule has 0 aliphatic rings. The fourth-order valence-electron chi connectivity index (χ4n) is 4.05. The molecule has 0 N–H and O–H groups in total. The Kier molecular flexibility index (Phi) is 8.36. The molecule has 0 aliphatic carbocycles. The van der Waals surface area contributed by atoms with E-state index in [-0.39, 0.29) is 43.4 Å². The van der Waals surface area contributed by atoms with E-state index in [0.29, 0.717) is 22.1 Å². The molecule has 7 heteroatoms. The van der Waals surface area contributed by atoms with E-state index in [9.17, 15) is 14.4 Å². The van der Waals surface area contributed by atoms with Gasteiger partial charge in [0.25, 0.3) is 5.91 Å². The summed E-state index contributed by atoms with van der Waals surface area (Å²) < 4.78 is 6.57. The standard InChI is InChI=1S/C30H27BrN2O4/c1-3-15-32(30(36)23-10-12-25(31)13-11-23)19-28(34)33(17-22-7-5-4-6-8-22)18-24-20-37-27-14-9-21(2)16-26(27)29(24)35/h3-14,16,20H,1,15,17-19H2,2H3. The summed E-state index contributed by atoms with van der Waals surface area (Å²) in [6, 6.07) is 21.9. The van der Waals surface area contributed by atoms with Crippen LogP contribution in [0.1, 0.15) is 27.0 Å². The molecule has 4 aromatic rings. The lowest BCUT2D eigenvalue weighted by atomic mass is 10.1. The van der Waals surface area contributed by atoms with E-state index in [1.165, 1.54) is 11.2 Å². The third-order valence-corrected chi connectivity index (χ3v) is 6.51. The van der Waals surface area contributed by atoms with Crippen molar-refractivity contribution < 1.29 is 14.0 Å².